The van der Waals surface area contributed by atoms with Crippen molar-refractivity contribution in [2.24, 2.45) is 0 Å². The van der Waals surface area contributed by atoms with Crippen molar-refractivity contribution in [1.82, 2.24) is 5.32 Å². The van der Waals surface area contributed by atoms with E-state index in [2.05, 4.69) is 21.2 Å². The molecule has 0 radical (unpaired) electrons. The number of carboxylic acids is 1. The van der Waals surface area contributed by atoms with Crippen molar-refractivity contribution in [2.75, 3.05) is 0 Å². The van der Waals surface area contributed by atoms with Crippen LogP contribution in [0.5, 0.6) is 0 Å². The third-order valence-corrected chi connectivity index (χ3v) is 3.41. The minimum atomic E-state index is -1.09. The van der Waals surface area contributed by atoms with Gasteiger partial charge in [0.1, 0.15) is 22.9 Å². The van der Waals surface area contributed by atoms with Crippen molar-refractivity contribution in [1.29, 1.82) is 0 Å². The van der Waals surface area contributed by atoms with Crippen LogP contribution in [0.2, 0.25) is 0 Å². The Morgan fingerprint density at radius 3 is 2.67 bits per heavy atom. The number of hydrogen-bond donors (Lipinski definition) is 2. The first-order valence-electron chi connectivity index (χ1n) is 5.94. The maximum absolute atomic E-state index is 13.1. The highest BCUT2D eigenvalue weighted by Crippen LogP contribution is 2.17. The van der Waals surface area contributed by atoms with Gasteiger partial charge in [-0.2, -0.15) is 0 Å². The van der Waals surface area contributed by atoms with Crippen molar-refractivity contribution in [3.8, 4) is 0 Å². The fraction of sp³-hybridized carbons (Fsp3) is 0.143. The van der Waals surface area contributed by atoms with E-state index in [0.717, 1.165) is 0 Å². The molecular formula is C14H11BrFNO4. The zero-order valence-corrected chi connectivity index (χ0v) is 12.5. The molecule has 0 saturated heterocycles. The monoisotopic (exact) mass is 355 g/mol. The molecule has 1 amide bonds. The molecule has 2 aromatic rings. The summed E-state index contributed by atoms with van der Waals surface area (Å²) in [5, 5.41) is 11.5. The Bertz CT molecular complexity index is 711. The molecule has 110 valence electrons. The van der Waals surface area contributed by atoms with Crippen LogP contribution in [0.3, 0.4) is 0 Å². The first-order valence-corrected chi connectivity index (χ1v) is 6.73. The molecule has 1 aromatic heterocycles. The largest absolute Gasteiger partial charge is 0.478 e. The fourth-order valence-corrected chi connectivity index (χ4v) is 2.13. The van der Waals surface area contributed by atoms with Gasteiger partial charge in [-0.3, -0.25) is 4.79 Å². The van der Waals surface area contributed by atoms with E-state index >= 15 is 0 Å². The summed E-state index contributed by atoms with van der Waals surface area (Å²) in [6, 6.07) is 5.25. The number of halogens is 2. The van der Waals surface area contributed by atoms with Crippen molar-refractivity contribution < 1.29 is 23.5 Å². The quantitative estimate of drug-likeness (QED) is 0.882. The summed E-state index contributed by atoms with van der Waals surface area (Å²) in [4.78, 5) is 22.8. The van der Waals surface area contributed by atoms with Gasteiger partial charge in [0, 0.05) is 5.56 Å². The second kappa shape index (κ2) is 6.09. The molecule has 7 heteroatoms. The molecule has 0 bridgehead atoms. The number of amides is 1. The average molecular weight is 356 g/mol. The predicted molar refractivity (Wildman–Crippen MR) is 75.7 cm³/mol. The highest BCUT2D eigenvalue weighted by Gasteiger charge is 2.14. The molecule has 1 heterocycles. The van der Waals surface area contributed by atoms with Crippen LogP contribution in [0.25, 0.3) is 0 Å². The van der Waals surface area contributed by atoms with Crippen LogP contribution in [0, 0.1) is 12.7 Å². The Hall–Kier alpha value is -2.15. The van der Waals surface area contributed by atoms with Gasteiger partial charge in [-0.05, 0) is 47.1 Å². The molecule has 0 atom stereocenters. The third kappa shape index (κ3) is 3.49. The predicted octanol–water partition coefficient (Wildman–Crippen LogP) is 3.12. The smallest absolute Gasteiger partial charge is 0.339 e. The number of nitrogens with one attached hydrogen (secondary N) is 1. The van der Waals surface area contributed by atoms with Crippen molar-refractivity contribution in [3.63, 3.8) is 0 Å². The van der Waals surface area contributed by atoms with Crippen LogP contribution in [0.1, 0.15) is 32.2 Å². The normalized spacial score (nSPS) is 10.4. The van der Waals surface area contributed by atoms with Crippen LogP contribution in [-0.2, 0) is 6.54 Å². The number of benzene rings is 1. The lowest BCUT2D eigenvalue weighted by atomic mass is 10.2. The zero-order chi connectivity index (χ0) is 15.6. The van der Waals surface area contributed by atoms with Gasteiger partial charge in [-0.1, -0.05) is 0 Å². The second-order valence-corrected chi connectivity index (χ2v) is 5.15. The van der Waals surface area contributed by atoms with Crippen molar-refractivity contribution in [3.05, 3.63) is 57.2 Å². The molecule has 21 heavy (non-hydrogen) atoms. The molecule has 0 aliphatic heterocycles. The average Bonchev–Trinajstić information content (AvgIpc) is 2.80. The van der Waals surface area contributed by atoms with E-state index in [1.807, 2.05) is 0 Å². The Balaban J connectivity index is 2.05. The number of carboxylic acid groups (broad SMARTS) is 1. The van der Waals surface area contributed by atoms with Gasteiger partial charge < -0.3 is 14.8 Å². The number of aryl methyl sites for hydroxylation is 1. The van der Waals surface area contributed by atoms with Gasteiger partial charge in [0.25, 0.3) is 5.91 Å². The number of furan rings is 1. The van der Waals surface area contributed by atoms with Gasteiger partial charge >= 0.3 is 5.97 Å². The zero-order valence-electron chi connectivity index (χ0n) is 10.9. The Morgan fingerprint density at radius 2 is 2.10 bits per heavy atom. The number of rotatable bonds is 4. The Labute approximate surface area is 127 Å². The van der Waals surface area contributed by atoms with Gasteiger partial charge in [0.15, 0.2) is 0 Å². The molecule has 0 saturated carbocycles. The highest BCUT2D eigenvalue weighted by atomic mass is 79.9. The van der Waals surface area contributed by atoms with Crippen LogP contribution >= 0.6 is 15.9 Å². The summed E-state index contributed by atoms with van der Waals surface area (Å²) < 4.78 is 18.5. The molecular weight excluding hydrogens is 345 g/mol. The number of carbonyl (C=O) groups excluding carboxylic acids is 1. The lowest BCUT2D eigenvalue weighted by Gasteiger charge is -2.04. The Kier molecular flexibility index (Phi) is 4.42. The van der Waals surface area contributed by atoms with Crippen LogP contribution in [-0.4, -0.2) is 17.0 Å². The number of carbonyl (C=O) groups is 2. The minimum absolute atomic E-state index is 0.0436. The molecule has 0 unspecified atom stereocenters. The summed E-state index contributed by atoms with van der Waals surface area (Å²) in [6.45, 7) is 1.58. The highest BCUT2D eigenvalue weighted by molar-refractivity contribution is 9.10. The van der Waals surface area contributed by atoms with E-state index in [9.17, 15) is 14.0 Å². The summed E-state index contributed by atoms with van der Waals surface area (Å²) >= 11 is 3.00. The minimum Gasteiger partial charge on any atom is -0.478 e. The summed E-state index contributed by atoms with van der Waals surface area (Å²) in [5.74, 6) is -1.35. The number of hydrogen-bond acceptors (Lipinski definition) is 3. The van der Waals surface area contributed by atoms with Crippen LogP contribution in [0.4, 0.5) is 4.39 Å². The van der Waals surface area contributed by atoms with E-state index in [4.69, 9.17) is 9.52 Å². The summed E-state index contributed by atoms with van der Waals surface area (Å²) in [5.41, 5.74) is 0.341. The van der Waals surface area contributed by atoms with E-state index < -0.39 is 17.7 Å². The third-order valence-electron chi connectivity index (χ3n) is 2.80. The lowest BCUT2D eigenvalue weighted by Crippen LogP contribution is -2.22. The van der Waals surface area contributed by atoms with Crippen molar-refractivity contribution >= 4 is 27.8 Å². The molecule has 0 aliphatic rings. The second-order valence-electron chi connectivity index (χ2n) is 4.30. The molecule has 2 rings (SSSR count). The summed E-state index contributed by atoms with van der Waals surface area (Å²) in [6.07, 6.45) is 0. The lowest BCUT2D eigenvalue weighted by molar-refractivity contribution is 0.0694. The van der Waals surface area contributed by atoms with Gasteiger partial charge in [-0.25, -0.2) is 9.18 Å². The van der Waals surface area contributed by atoms with E-state index in [1.165, 1.54) is 31.2 Å². The fourth-order valence-electron chi connectivity index (χ4n) is 1.75. The van der Waals surface area contributed by atoms with Gasteiger partial charge in [0.2, 0.25) is 0 Å². The topological polar surface area (TPSA) is 79.5 Å². The van der Waals surface area contributed by atoms with E-state index in [-0.39, 0.29) is 27.9 Å². The van der Waals surface area contributed by atoms with Crippen LogP contribution < -0.4 is 5.32 Å². The molecule has 0 fully saturated rings. The maximum Gasteiger partial charge on any atom is 0.339 e. The molecule has 0 aliphatic carbocycles. The molecule has 0 spiro atoms. The number of aromatic carboxylic acids is 1. The molecule has 1 aromatic carbocycles. The molecule has 2 N–H and O–H groups in total. The molecule has 5 nitrogen and oxygen atoms in total. The van der Waals surface area contributed by atoms with Gasteiger partial charge in [-0.15, -0.1) is 0 Å². The standard InChI is InChI=1S/C14H11BrFNO4/c1-7-10(14(19)20)5-9(21-7)6-17-13(18)8-2-3-12(16)11(15)4-8/h2-5H,6H2,1H3,(H,17,18)(H,19,20). The van der Waals surface area contributed by atoms with Crippen LogP contribution in [0.15, 0.2) is 33.2 Å². The van der Waals surface area contributed by atoms with E-state index in [0.29, 0.717) is 5.76 Å². The van der Waals surface area contributed by atoms with Gasteiger partial charge in [0.05, 0.1) is 11.0 Å². The summed E-state index contributed by atoms with van der Waals surface area (Å²) in [7, 11) is 0. The first-order chi connectivity index (χ1) is 9.88. The van der Waals surface area contributed by atoms with Crippen molar-refractivity contribution in [2.45, 2.75) is 13.5 Å². The first kappa shape index (κ1) is 15.2. The van der Waals surface area contributed by atoms with E-state index in [1.54, 1.807) is 0 Å². The Morgan fingerprint density at radius 1 is 1.38 bits per heavy atom. The SMILES string of the molecule is Cc1oc(CNC(=O)c2ccc(F)c(Br)c2)cc1C(=O)O. The maximum atomic E-state index is 13.1.